The molecule has 7 rings (SSSR count). The van der Waals surface area contributed by atoms with E-state index in [-0.39, 0.29) is 49.5 Å². The first-order valence-electron chi connectivity index (χ1n) is 16.3. The van der Waals surface area contributed by atoms with Crippen molar-refractivity contribution in [2.24, 2.45) is 0 Å². The molecule has 0 heterocycles. The zero-order valence-electron chi connectivity index (χ0n) is 29.9. The minimum atomic E-state index is -0.545. The standard InChI is InChI=1S/2C13H13P.3C6H6S2.3Ni/c2*1-14(12-8-4-2-5-9-12)13-10-6-3-7-11-13;3*7-5-3-1-2-4-6(5)8;;;/h2*2-11H,1H3;3*1-4,7-8H;;;/q;;;;;3*+2/p-4. The third-order valence-electron chi connectivity index (χ3n) is 7.37. The first-order chi connectivity index (χ1) is 25.2. The second-order valence-corrected chi connectivity index (χ2v) is 18.5. The Morgan fingerprint density at radius 2 is 0.364 bits per heavy atom. The van der Waals surface area contributed by atoms with Crippen molar-refractivity contribution >= 4 is 113 Å². The van der Waals surface area contributed by atoms with Crippen LogP contribution in [0.15, 0.2) is 223 Å². The molecule has 0 saturated carbocycles. The molecule has 7 aromatic carbocycles. The fraction of sp³-hybridized carbons (Fsp3) is 0.0455. The Morgan fingerprint density at radius 1 is 0.236 bits per heavy atom. The van der Waals surface area contributed by atoms with Crippen molar-refractivity contribution in [2.45, 2.75) is 29.4 Å². The van der Waals surface area contributed by atoms with E-state index >= 15 is 0 Å². The molecule has 290 valence electrons. The molecule has 0 aromatic heterocycles. The van der Waals surface area contributed by atoms with Crippen LogP contribution < -0.4 is 21.2 Å². The van der Waals surface area contributed by atoms with E-state index in [9.17, 15) is 0 Å². The number of hydrogen-bond acceptors (Lipinski definition) is 6. The van der Waals surface area contributed by atoms with Gasteiger partial charge in [0.2, 0.25) is 0 Å². The average Bonchev–Trinajstić information content (AvgIpc) is 3.20. The number of hydrogen-bond donors (Lipinski definition) is 0. The second kappa shape index (κ2) is 31.2. The normalized spacial score (nSPS) is 9.24. The first kappa shape index (κ1) is 53.2. The molecule has 0 aliphatic heterocycles. The molecule has 0 spiro atoms. The largest absolute Gasteiger partial charge is 2.00 e. The van der Waals surface area contributed by atoms with Gasteiger partial charge in [-0.15, -0.1) is 0 Å². The summed E-state index contributed by atoms with van der Waals surface area (Å²) in [7, 11) is -1.09. The van der Waals surface area contributed by atoms with Gasteiger partial charge in [-0.05, 0) is 48.5 Å². The molecule has 0 fully saturated rings. The van der Waals surface area contributed by atoms with Gasteiger partial charge in [0, 0.05) is 0 Å². The Morgan fingerprint density at radius 3 is 0.491 bits per heavy atom. The second-order valence-electron chi connectivity index (χ2n) is 11.1. The SMILES string of the molecule is C[PH+](c1ccccc1)c1ccccc1.C[PH+](c1ccccc1)c1ccccc1.[Ni+2].[Ni+2].[Ni+2].[S-]c1ccccc1[S-].[S-]c1ccccc1[S-].[S-]c1ccccc1[S-]. The zero-order valence-corrected chi connectivity index (χ0v) is 39.7. The smallest absolute Gasteiger partial charge is 0.781 e. The Hall–Kier alpha value is -1.80. The summed E-state index contributed by atoms with van der Waals surface area (Å²) in [6.45, 7) is 4.69. The quantitative estimate of drug-likeness (QED) is 0.0974. The van der Waals surface area contributed by atoms with Crippen molar-refractivity contribution in [1.82, 2.24) is 0 Å². The van der Waals surface area contributed by atoms with E-state index in [0.29, 0.717) is 0 Å². The van der Waals surface area contributed by atoms with Crippen molar-refractivity contribution in [1.29, 1.82) is 0 Å². The van der Waals surface area contributed by atoms with Crippen molar-refractivity contribution in [3.63, 3.8) is 0 Å². The van der Waals surface area contributed by atoms with Crippen LogP contribution >= 0.6 is 15.8 Å². The molecule has 0 N–H and O–H groups in total. The molecule has 7 aromatic rings. The summed E-state index contributed by atoms with van der Waals surface area (Å²) in [5.41, 5.74) is 0. The zero-order chi connectivity index (χ0) is 37.6. The van der Waals surface area contributed by atoms with Crippen LogP contribution in [0.4, 0.5) is 0 Å². The summed E-state index contributed by atoms with van der Waals surface area (Å²) in [6, 6.07) is 65.3. The van der Waals surface area contributed by atoms with Crippen molar-refractivity contribution < 1.29 is 49.5 Å². The molecule has 0 unspecified atom stereocenters. The molecular weight excluding hydrogens is 959 g/mol. The Labute approximate surface area is 395 Å². The van der Waals surface area contributed by atoms with E-state index in [2.05, 4.69) is 135 Å². The van der Waals surface area contributed by atoms with Gasteiger partial charge in [-0.25, -0.2) is 0 Å². The van der Waals surface area contributed by atoms with Crippen LogP contribution in [0.25, 0.3) is 0 Å². The Balaban J connectivity index is 0.000000671. The van der Waals surface area contributed by atoms with Gasteiger partial charge in [0.25, 0.3) is 0 Å². The topological polar surface area (TPSA) is 0 Å². The van der Waals surface area contributed by atoms with E-state index in [1.165, 1.54) is 21.2 Å². The maximum atomic E-state index is 4.85. The molecular formula is C44H40Ni3P2S6+2. The van der Waals surface area contributed by atoms with Gasteiger partial charge in [-0.1, -0.05) is 146 Å². The van der Waals surface area contributed by atoms with E-state index in [1.807, 2.05) is 72.8 Å². The minimum absolute atomic E-state index is 0. The van der Waals surface area contributed by atoms with Crippen LogP contribution in [0.2, 0.25) is 0 Å². The van der Waals surface area contributed by atoms with E-state index in [4.69, 9.17) is 75.8 Å². The van der Waals surface area contributed by atoms with Crippen LogP contribution in [0.5, 0.6) is 0 Å². The van der Waals surface area contributed by atoms with Gasteiger partial charge in [0.05, 0.1) is 50.4 Å². The molecule has 0 aliphatic carbocycles. The van der Waals surface area contributed by atoms with Gasteiger partial charge in [0.1, 0.15) is 0 Å². The summed E-state index contributed by atoms with van der Waals surface area (Å²) in [5.74, 6) is 0. The molecule has 0 aliphatic rings. The van der Waals surface area contributed by atoms with Gasteiger partial charge < -0.3 is 75.8 Å². The van der Waals surface area contributed by atoms with Crippen LogP contribution in [0, 0.1) is 0 Å². The molecule has 0 radical (unpaired) electrons. The predicted octanol–water partition coefficient (Wildman–Crippen LogP) is 9.45. The fourth-order valence-corrected chi connectivity index (χ4v) is 8.75. The fourth-order valence-electron chi connectivity index (χ4n) is 4.44. The average molecular weight is 999 g/mol. The van der Waals surface area contributed by atoms with Crippen molar-refractivity contribution in [2.75, 3.05) is 13.3 Å². The molecule has 0 nitrogen and oxygen atoms in total. The van der Waals surface area contributed by atoms with Gasteiger partial charge in [0.15, 0.2) is 0 Å². The number of benzene rings is 7. The van der Waals surface area contributed by atoms with Gasteiger partial charge in [-0.2, -0.15) is 29.4 Å². The monoisotopic (exact) mass is 996 g/mol. The van der Waals surface area contributed by atoms with Gasteiger partial charge in [-0.3, -0.25) is 0 Å². The maximum Gasteiger partial charge on any atom is 2.00 e. The summed E-state index contributed by atoms with van der Waals surface area (Å²) in [6.07, 6.45) is 0. The van der Waals surface area contributed by atoms with E-state index in [1.54, 1.807) is 0 Å². The van der Waals surface area contributed by atoms with Gasteiger partial charge >= 0.3 is 49.5 Å². The van der Waals surface area contributed by atoms with Crippen molar-refractivity contribution in [3.8, 4) is 0 Å². The minimum Gasteiger partial charge on any atom is -0.781 e. The van der Waals surface area contributed by atoms with Crippen LogP contribution in [-0.2, 0) is 125 Å². The van der Waals surface area contributed by atoms with E-state index < -0.39 is 15.8 Å². The summed E-state index contributed by atoms with van der Waals surface area (Å²) in [5, 5.41) is 5.90. The maximum absolute atomic E-state index is 4.85. The molecule has 0 saturated heterocycles. The molecule has 0 amide bonds. The number of rotatable bonds is 4. The Kier molecular flexibility index (Phi) is 30.2. The third kappa shape index (κ3) is 21.0. The van der Waals surface area contributed by atoms with Crippen molar-refractivity contribution in [3.05, 3.63) is 194 Å². The molecule has 0 atom stereocenters. The predicted molar refractivity (Wildman–Crippen MR) is 246 cm³/mol. The first-order valence-corrected chi connectivity index (χ1v) is 22.8. The van der Waals surface area contributed by atoms with Crippen LogP contribution in [0.1, 0.15) is 0 Å². The Bertz CT molecular complexity index is 1670. The summed E-state index contributed by atoms with van der Waals surface area (Å²) >= 11 is 29.1. The van der Waals surface area contributed by atoms with E-state index in [0.717, 1.165) is 29.4 Å². The summed E-state index contributed by atoms with van der Waals surface area (Å²) < 4.78 is 0. The van der Waals surface area contributed by atoms with Crippen LogP contribution in [0.3, 0.4) is 0 Å². The van der Waals surface area contributed by atoms with Crippen LogP contribution in [-0.4, -0.2) is 13.3 Å². The summed E-state index contributed by atoms with van der Waals surface area (Å²) in [4.78, 5) is 4.60. The third-order valence-corrected chi connectivity index (χ3v) is 14.7. The molecule has 0 bridgehead atoms. The molecule has 11 heteroatoms. The molecule has 55 heavy (non-hydrogen) atoms.